The molecule has 0 N–H and O–H groups in total. The third kappa shape index (κ3) is 5.37. The van der Waals surface area contributed by atoms with Gasteiger partial charge in [-0.15, -0.1) is 0 Å². The van der Waals surface area contributed by atoms with Gasteiger partial charge >= 0.3 is 0 Å². The first-order valence-corrected chi connectivity index (χ1v) is 11.4. The van der Waals surface area contributed by atoms with Crippen molar-refractivity contribution in [2.75, 3.05) is 32.8 Å². The molecule has 8 heteroatoms. The second-order valence-corrected chi connectivity index (χ2v) is 9.17. The largest absolute Gasteiger partial charge is 0.497 e. The summed E-state index contributed by atoms with van der Waals surface area (Å²) in [7, 11) is 4.72. The number of hydrogen-bond donors (Lipinski definition) is 0. The normalized spacial score (nSPS) is 14.9. The lowest BCUT2D eigenvalue weighted by atomic mass is 10.1. The molecule has 170 valence electrons. The highest BCUT2D eigenvalue weighted by atomic mass is 32.2. The Kier molecular flexibility index (Phi) is 8.04. The topological polar surface area (TPSA) is 57.2 Å². The Bertz CT molecular complexity index is 1040. The predicted molar refractivity (Wildman–Crippen MR) is 133 cm³/mol. The molecule has 1 fully saturated rings. The Morgan fingerprint density at radius 2 is 1.72 bits per heavy atom. The molecule has 0 radical (unpaired) electrons. The van der Waals surface area contributed by atoms with Gasteiger partial charge in [-0.3, -0.25) is 9.69 Å². The van der Waals surface area contributed by atoms with E-state index < -0.39 is 0 Å². The number of carbonyl (C=O) groups is 1. The average Bonchev–Trinajstić information content (AvgIpc) is 3.06. The molecule has 1 saturated heterocycles. The van der Waals surface area contributed by atoms with Crippen molar-refractivity contribution in [3.63, 3.8) is 0 Å². The van der Waals surface area contributed by atoms with E-state index >= 15 is 0 Å². The number of nitrogens with zero attached hydrogens (tertiary/aromatic N) is 1. The maximum Gasteiger partial charge on any atom is 0.270 e. The van der Waals surface area contributed by atoms with Crippen LogP contribution in [-0.4, -0.2) is 38.2 Å². The maximum atomic E-state index is 13.2. The van der Waals surface area contributed by atoms with E-state index in [0.717, 1.165) is 12.0 Å². The van der Waals surface area contributed by atoms with Crippen molar-refractivity contribution in [3.05, 3.63) is 46.9 Å². The summed E-state index contributed by atoms with van der Waals surface area (Å²) in [6.07, 6.45) is 2.76. The van der Waals surface area contributed by atoms with Crippen LogP contribution in [0.5, 0.6) is 23.0 Å². The van der Waals surface area contributed by atoms with Crippen molar-refractivity contribution in [2.24, 2.45) is 5.92 Å². The molecule has 2 aromatic rings. The number of methoxy groups -OCH3 is 3. The zero-order valence-electron chi connectivity index (χ0n) is 18.8. The summed E-state index contributed by atoms with van der Waals surface area (Å²) in [5.41, 5.74) is 1.36. The Balaban J connectivity index is 1.86. The summed E-state index contributed by atoms with van der Waals surface area (Å²) in [5.74, 6) is 2.78. The van der Waals surface area contributed by atoms with Crippen LogP contribution in [0.3, 0.4) is 0 Å². The van der Waals surface area contributed by atoms with Gasteiger partial charge in [-0.2, -0.15) is 0 Å². The minimum atomic E-state index is -0.220. The highest BCUT2D eigenvalue weighted by Gasteiger charge is 2.35. The number of anilines is 1. The molecule has 6 nitrogen and oxygen atoms in total. The fourth-order valence-electron chi connectivity index (χ4n) is 3.10. The second kappa shape index (κ2) is 10.7. The van der Waals surface area contributed by atoms with Gasteiger partial charge in [-0.05, 0) is 48.2 Å². The second-order valence-electron chi connectivity index (χ2n) is 7.50. The van der Waals surface area contributed by atoms with Crippen LogP contribution in [-0.2, 0) is 4.79 Å². The van der Waals surface area contributed by atoms with Crippen LogP contribution >= 0.6 is 24.0 Å². The summed E-state index contributed by atoms with van der Waals surface area (Å²) in [5, 5.41) is 0. The number of rotatable bonds is 9. The van der Waals surface area contributed by atoms with Crippen LogP contribution in [0.25, 0.3) is 6.08 Å². The van der Waals surface area contributed by atoms with Gasteiger partial charge in [0.2, 0.25) is 0 Å². The van der Waals surface area contributed by atoms with Crippen molar-refractivity contribution in [1.82, 2.24) is 0 Å². The van der Waals surface area contributed by atoms with Gasteiger partial charge in [0.05, 0.1) is 38.5 Å². The van der Waals surface area contributed by atoms with Crippen molar-refractivity contribution < 1.29 is 23.7 Å². The Morgan fingerprint density at radius 1 is 1.00 bits per heavy atom. The fraction of sp³-hybridized carbons (Fsp3) is 0.333. The number of hydrogen-bond acceptors (Lipinski definition) is 7. The molecule has 1 heterocycles. The van der Waals surface area contributed by atoms with Crippen LogP contribution in [0.2, 0.25) is 0 Å². The monoisotopic (exact) mass is 473 g/mol. The molecule has 0 bridgehead atoms. The van der Waals surface area contributed by atoms with Crippen molar-refractivity contribution in [2.45, 2.75) is 20.3 Å². The first-order valence-electron chi connectivity index (χ1n) is 10.2. The predicted octanol–water partition coefficient (Wildman–Crippen LogP) is 5.54. The Morgan fingerprint density at radius 3 is 2.38 bits per heavy atom. The van der Waals surface area contributed by atoms with Crippen molar-refractivity contribution in [1.29, 1.82) is 0 Å². The quantitative estimate of drug-likeness (QED) is 0.350. The zero-order chi connectivity index (χ0) is 23.3. The van der Waals surface area contributed by atoms with Gasteiger partial charge in [0.15, 0.2) is 15.8 Å². The van der Waals surface area contributed by atoms with E-state index in [2.05, 4.69) is 13.8 Å². The first kappa shape index (κ1) is 23.9. The smallest absolute Gasteiger partial charge is 0.270 e. The molecular weight excluding hydrogens is 446 g/mol. The molecule has 0 spiro atoms. The summed E-state index contributed by atoms with van der Waals surface area (Å²) in [4.78, 5) is 15.2. The molecule has 0 saturated carbocycles. The van der Waals surface area contributed by atoms with Gasteiger partial charge in [0, 0.05) is 6.07 Å². The van der Waals surface area contributed by atoms with Gasteiger partial charge in [-0.25, -0.2) is 0 Å². The number of thioether (sulfide) groups is 1. The lowest BCUT2D eigenvalue weighted by molar-refractivity contribution is -0.113. The molecule has 1 aliphatic heterocycles. The van der Waals surface area contributed by atoms with E-state index in [0.29, 0.717) is 50.4 Å². The van der Waals surface area contributed by atoms with E-state index in [1.165, 1.54) is 16.7 Å². The molecule has 0 unspecified atom stereocenters. The maximum absolute atomic E-state index is 13.2. The molecule has 0 aliphatic carbocycles. The van der Waals surface area contributed by atoms with E-state index in [4.69, 9.17) is 31.2 Å². The lowest BCUT2D eigenvalue weighted by Crippen LogP contribution is -2.28. The van der Waals surface area contributed by atoms with Crippen molar-refractivity contribution in [3.8, 4) is 23.0 Å². The molecule has 32 heavy (non-hydrogen) atoms. The number of benzene rings is 2. The van der Waals surface area contributed by atoms with E-state index in [-0.39, 0.29) is 5.91 Å². The van der Waals surface area contributed by atoms with E-state index in [1.807, 2.05) is 18.2 Å². The number of carbonyl (C=O) groups excluding carboxylic acids is 1. The van der Waals surface area contributed by atoms with Gasteiger partial charge in [-0.1, -0.05) is 43.9 Å². The summed E-state index contributed by atoms with van der Waals surface area (Å²) < 4.78 is 22.5. The SMILES string of the molecule is COc1ccc(OC)c(N2C(=O)/C(=C/c3ccc(OCCC(C)C)c(OC)c3)SC2=S)c1. The molecule has 0 atom stereocenters. The first-order chi connectivity index (χ1) is 15.4. The van der Waals surface area contributed by atoms with Crippen LogP contribution in [0, 0.1) is 5.92 Å². The summed E-state index contributed by atoms with van der Waals surface area (Å²) >= 11 is 6.74. The van der Waals surface area contributed by atoms with Gasteiger partial charge in [0.1, 0.15) is 11.5 Å². The van der Waals surface area contributed by atoms with Crippen molar-refractivity contribution >= 4 is 46.0 Å². The number of amides is 1. The molecule has 0 aromatic heterocycles. The summed E-state index contributed by atoms with van der Waals surface area (Å²) in [6, 6.07) is 10.9. The Hall–Kier alpha value is -2.71. The summed E-state index contributed by atoms with van der Waals surface area (Å²) in [6.45, 7) is 4.93. The molecule has 3 rings (SSSR count). The number of ether oxygens (including phenoxy) is 4. The zero-order valence-corrected chi connectivity index (χ0v) is 20.5. The minimum Gasteiger partial charge on any atom is -0.497 e. The minimum absolute atomic E-state index is 0.220. The molecule has 1 amide bonds. The standard InChI is InChI=1S/C24H27NO5S2/c1-15(2)10-11-30-20-8-6-16(12-21(20)29-5)13-22-23(26)25(24(31)32-22)18-14-17(27-3)7-9-19(18)28-4/h6-9,12-15H,10-11H2,1-5H3/b22-13-. The van der Waals surface area contributed by atoms with Gasteiger partial charge < -0.3 is 18.9 Å². The van der Waals surface area contributed by atoms with Crippen LogP contribution < -0.4 is 23.8 Å². The van der Waals surface area contributed by atoms with Crippen LogP contribution in [0.1, 0.15) is 25.8 Å². The van der Waals surface area contributed by atoms with E-state index in [1.54, 1.807) is 45.6 Å². The third-order valence-corrected chi connectivity index (χ3v) is 6.16. The fourth-order valence-corrected chi connectivity index (χ4v) is 4.38. The number of thiocarbonyl (C=S) groups is 1. The third-order valence-electron chi connectivity index (χ3n) is 4.86. The van der Waals surface area contributed by atoms with Gasteiger partial charge in [0.25, 0.3) is 5.91 Å². The highest BCUT2D eigenvalue weighted by molar-refractivity contribution is 8.27. The van der Waals surface area contributed by atoms with Crippen LogP contribution in [0.4, 0.5) is 5.69 Å². The van der Waals surface area contributed by atoms with E-state index in [9.17, 15) is 4.79 Å². The molecule has 1 aliphatic rings. The molecule has 2 aromatic carbocycles. The lowest BCUT2D eigenvalue weighted by Gasteiger charge is -2.18. The average molecular weight is 474 g/mol. The molecular formula is C24H27NO5S2. The Labute approximate surface area is 198 Å². The highest BCUT2D eigenvalue weighted by Crippen LogP contribution is 2.41. The van der Waals surface area contributed by atoms with Crippen LogP contribution in [0.15, 0.2) is 41.3 Å².